The van der Waals surface area contributed by atoms with Crippen molar-refractivity contribution < 1.29 is 14.6 Å². The number of para-hydroxylation sites is 2. The van der Waals surface area contributed by atoms with Crippen molar-refractivity contribution in [2.24, 2.45) is 0 Å². The molecule has 0 saturated heterocycles. The molecule has 1 unspecified atom stereocenters. The highest BCUT2D eigenvalue weighted by Crippen LogP contribution is 2.29. The van der Waals surface area contributed by atoms with E-state index in [2.05, 4.69) is 54.7 Å². The number of aliphatic hydroxyl groups excluding tert-OH is 1. The lowest BCUT2D eigenvalue weighted by Gasteiger charge is -2.28. The van der Waals surface area contributed by atoms with E-state index in [0.717, 1.165) is 6.42 Å². The summed E-state index contributed by atoms with van der Waals surface area (Å²) < 4.78 is 12.5. The summed E-state index contributed by atoms with van der Waals surface area (Å²) in [5.41, 5.74) is 1.17. The molecule has 0 radical (unpaired) electrons. The third-order valence-electron chi connectivity index (χ3n) is 4.60. The van der Waals surface area contributed by atoms with Crippen LogP contribution in [0.1, 0.15) is 19.4 Å². The lowest BCUT2D eigenvalue weighted by atomic mass is 9.94. The summed E-state index contributed by atoms with van der Waals surface area (Å²) in [5.74, 6) is 3.59. The maximum Gasteiger partial charge on any atom is 0.162 e. The highest BCUT2D eigenvalue weighted by atomic mass is 32.1. The van der Waals surface area contributed by atoms with Crippen LogP contribution >= 0.6 is 11.3 Å². The molecule has 2 aromatic carbocycles. The van der Waals surface area contributed by atoms with Crippen LogP contribution in [0.2, 0.25) is 0 Å². The summed E-state index contributed by atoms with van der Waals surface area (Å²) in [6.45, 7) is 5.07. The molecule has 0 saturated carbocycles. The Morgan fingerprint density at radius 3 is 2.55 bits per heavy atom. The number of benzene rings is 2. The van der Waals surface area contributed by atoms with Crippen LogP contribution in [0.15, 0.2) is 53.9 Å². The molecule has 4 nitrogen and oxygen atoms in total. The number of β-amino-alcohol motifs (C(OH)–C–C–N with tert-alkyl or cyclic N) is 1. The highest BCUT2D eigenvalue weighted by Gasteiger charge is 2.21. The molecule has 5 heteroatoms. The summed E-state index contributed by atoms with van der Waals surface area (Å²) in [6.07, 6.45) is 5.48. The van der Waals surface area contributed by atoms with Crippen molar-refractivity contribution in [1.82, 2.24) is 5.32 Å². The molecule has 29 heavy (non-hydrogen) atoms. The van der Waals surface area contributed by atoms with E-state index < -0.39 is 6.10 Å². The number of thiophene rings is 1. The van der Waals surface area contributed by atoms with E-state index >= 15 is 0 Å². The number of rotatable bonds is 10. The molecule has 152 valence electrons. The predicted octanol–water partition coefficient (Wildman–Crippen LogP) is 4.26. The average Bonchev–Trinajstić information content (AvgIpc) is 3.12. The van der Waals surface area contributed by atoms with Crippen molar-refractivity contribution in [2.45, 2.75) is 31.9 Å². The maximum absolute atomic E-state index is 10.4. The molecule has 0 fully saturated rings. The Labute approximate surface area is 176 Å². The third kappa shape index (κ3) is 5.98. The van der Waals surface area contributed by atoms with E-state index in [9.17, 15) is 5.11 Å². The van der Waals surface area contributed by atoms with E-state index in [1.807, 2.05) is 12.1 Å². The third-order valence-corrected chi connectivity index (χ3v) is 5.61. The number of ether oxygens (including phenoxy) is 2. The van der Waals surface area contributed by atoms with Gasteiger partial charge in [-0.25, -0.2) is 0 Å². The number of nitrogens with one attached hydrogen (secondary N) is 1. The van der Waals surface area contributed by atoms with Gasteiger partial charge in [0.05, 0.1) is 0 Å². The molecule has 1 aromatic heterocycles. The first-order valence-corrected chi connectivity index (χ1v) is 10.5. The van der Waals surface area contributed by atoms with Crippen LogP contribution in [-0.2, 0) is 6.42 Å². The van der Waals surface area contributed by atoms with Crippen LogP contribution in [-0.4, -0.2) is 36.5 Å². The normalized spacial score (nSPS) is 12.5. The molecule has 0 aliphatic rings. The van der Waals surface area contributed by atoms with Gasteiger partial charge in [0.25, 0.3) is 0 Å². The van der Waals surface area contributed by atoms with Crippen LogP contribution in [0.25, 0.3) is 10.1 Å². The first kappa shape index (κ1) is 21.2. The fourth-order valence-corrected chi connectivity index (χ4v) is 4.12. The molecule has 0 bridgehead atoms. The van der Waals surface area contributed by atoms with E-state index in [1.165, 1.54) is 15.6 Å². The molecule has 1 atom stereocenters. The number of aliphatic hydroxyl groups is 1. The Hall–Kier alpha value is -2.52. The maximum atomic E-state index is 10.4. The summed E-state index contributed by atoms with van der Waals surface area (Å²) in [4.78, 5) is 0. The van der Waals surface area contributed by atoms with Crippen LogP contribution in [0.3, 0.4) is 0 Å². The van der Waals surface area contributed by atoms with E-state index in [4.69, 9.17) is 15.9 Å². The van der Waals surface area contributed by atoms with Crippen molar-refractivity contribution in [3.63, 3.8) is 0 Å². The van der Waals surface area contributed by atoms with Gasteiger partial charge in [-0.3, -0.25) is 0 Å². The zero-order chi connectivity index (χ0) is 20.7. The Bertz CT molecular complexity index is 973. The first-order valence-electron chi connectivity index (χ1n) is 9.65. The molecule has 0 spiro atoms. The molecule has 0 aliphatic carbocycles. The van der Waals surface area contributed by atoms with Gasteiger partial charge in [0.15, 0.2) is 11.5 Å². The van der Waals surface area contributed by atoms with Crippen molar-refractivity contribution in [3.05, 3.63) is 59.5 Å². The standard InChI is InChI=1S/C24H27NO3S/c1-4-13-27-21-10-6-7-11-22(21)28-16-19(26)15-25-24(2,3)14-18-17-29-23-12-8-5-9-20(18)23/h1,5-12,17,19,25-26H,13-16H2,2-3H3. The molecular weight excluding hydrogens is 382 g/mol. The van der Waals surface area contributed by atoms with Gasteiger partial charge < -0.3 is 19.9 Å². The van der Waals surface area contributed by atoms with E-state index in [-0.39, 0.29) is 18.8 Å². The minimum absolute atomic E-state index is 0.154. The minimum atomic E-state index is -0.644. The molecule has 0 aliphatic heterocycles. The smallest absolute Gasteiger partial charge is 0.162 e. The van der Waals surface area contributed by atoms with Crippen LogP contribution in [0.5, 0.6) is 11.5 Å². The van der Waals surface area contributed by atoms with Gasteiger partial charge in [-0.1, -0.05) is 36.3 Å². The Kier molecular flexibility index (Phi) is 7.16. The molecule has 2 N–H and O–H groups in total. The summed E-state index contributed by atoms with van der Waals surface area (Å²) in [7, 11) is 0. The topological polar surface area (TPSA) is 50.7 Å². The first-order chi connectivity index (χ1) is 14.0. The second-order valence-corrected chi connectivity index (χ2v) is 8.51. The largest absolute Gasteiger partial charge is 0.487 e. The number of fused-ring (bicyclic) bond motifs is 1. The second kappa shape index (κ2) is 9.80. The Morgan fingerprint density at radius 1 is 1.10 bits per heavy atom. The van der Waals surface area contributed by atoms with Gasteiger partial charge in [-0.2, -0.15) is 0 Å². The van der Waals surface area contributed by atoms with Gasteiger partial charge >= 0.3 is 0 Å². The van der Waals surface area contributed by atoms with Crippen LogP contribution in [0.4, 0.5) is 0 Å². The van der Waals surface area contributed by atoms with Gasteiger partial charge in [-0.15, -0.1) is 17.8 Å². The van der Waals surface area contributed by atoms with Gasteiger partial charge in [0.2, 0.25) is 0 Å². The van der Waals surface area contributed by atoms with Gasteiger partial charge in [-0.05, 0) is 54.8 Å². The predicted molar refractivity (Wildman–Crippen MR) is 120 cm³/mol. The molecule has 1 heterocycles. The molecule has 3 aromatic rings. The average molecular weight is 410 g/mol. The fraction of sp³-hybridized carbons (Fsp3) is 0.333. The zero-order valence-electron chi connectivity index (χ0n) is 16.9. The van der Waals surface area contributed by atoms with Gasteiger partial charge in [0.1, 0.15) is 19.3 Å². The Morgan fingerprint density at radius 2 is 1.79 bits per heavy atom. The van der Waals surface area contributed by atoms with E-state index in [1.54, 1.807) is 23.5 Å². The molecule has 3 rings (SSSR count). The highest BCUT2D eigenvalue weighted by molar-refractivity contribution is 7.17. The lowest BCUT2D eigenvalue weighted by molar-refractivity contribution is 0.0971. The summed E-state index contributed by atoms with van der Waals surface area (Å²) in [6, 6.07) is 15.8. The van der Waals surface area contributed by atoms with Crippen molar-refractivity contribution in [3.8, 4) is 23.8 Å². The van der Waals surface area contributed by atoms with Crippen LogP contribution < -0.4 is 14.8 Å². The summed E-state index contributed by atoms with van der Waals surface area (Å²) in [5, 5.41) is 17.4. The lowest BCUT2D eigenvalue weighted by Crippen LogP contribution is -2.46. The minimum Gasteiger partial charge on any atom is -0.487 e. The van der Waals surface area contributed by atoms with Gasteiger partial charge in [0, 0.05) is 16.8 Å². The van der Waals surface area contributed by atoms with Crippen molar-refractivity contribution >= 4 is 21.4 Å². The quantitative estimate of drug-likeness (QED) is 0.491. The van der Waals surface area contributed by atoms with Crippen molar-refractivity contribution in [1.29, 1.82) is 0 Å². The number of hydrogen-bond acceptors (Lipinski definition) is 5. The van der Waals surface area contributed by atoms with Crippen molar-refractivity contribution in [2.75, 3.05) is 19.8 Å². The molecule has 0 amide bonds. The Balaban J connectivity index is 1.51. The summed E-state index contributed by atoms with van der Waals surface area (Å²) >= 11 is 1.77. The van der Waals surface area contributed by atoms with Crippen LogP contribution in [0, 0.1) is 12.3 Å². The number of hydrogen-bond donors (Lipinski definition) is 2. The SMILES string of the molecule is C#CCOc1ccccc1OCC(O)CNC(C)(C)Cc1csc2ccccc12. The molecular formula is C24H27NO3S. The number of terminal acetylenes is 1. The monoisotopic (exact) mass is 409 g/mol. The fourth-order valence-electron chi connectivity index (χ4n) is 3.16. The van der Waals surface area contributed by atoms with E-state index in [0.29, 0.717) is 18.0 Å². The zero-order valence-corrected chi connectivity index (χ0v) is 17.7. The second-order valence-electron chi connectivity index (χ2n) is 7.60.